The Bertz CT molecular complexity index is 936. The number of ether oxygens (including phenoxy) is 1. The molecule has 0 aliphatic heterocycles. The van der Waals surface area contributed by atoms with Crippen LogP contribution in [0, 0.1) is 6.92 Å². The normalized spacial score (nSPS) is 12.9. The Hall–Kier alpha value is -2.74. The number of nitrogens with zero attached hydrogens (tertiary/aromatic N) is 2. The fraction of sp³-hybridized carbons (Fsp3) is 0.227. The van der Waals surface area contributed by atoms with Crippen LogP contribution in [0.2, 0.25) is 0 Å². The van der Waals surface area contributed by atoms with Crippen molar-refractivity contribution in [1.82, 2.24) is 14.7 Å². The van der Waals surface area contributed by atoms with Crippen LogP contribution in [0.3, 0.4) is 0 Å². The summed E-state index contributed by atoms with van der Waals surface area (Å²) in [5.74, 6) is -0.351. The van der Waals surface area contributed by atoms with E-state index in [-0.39, 0.29) is 12.4 Å². The smallest absolute Gasteiger partial charge is 0.307 e. The number of aromatic nitrogens is 2. The number of nitrogens with one attached hydrogen (secondary N) is 1. The van der Waals surface area contributed by atoms with Crippen LogP contribution < -0.4 is 4.72 Å². The maximum Gasteiger partial charge on any atom is 0.307 e. The van der Waals surface area contributed by atoms with Crippen LogP contribution in [-0.2, 0) is 20.9 Å². The molecule has 29 heavy (non-hydrogen) atoms. The topological polar surface area (TPSA) is 87.2 Å². The van der Waals surface area contributed by atoms with Gasteiger partial charge in [-0.25, -0.2) is 0 Å². The van der Waals surface area contributed by atoms with E-state index in [0.717, 1.165) is 22.4 Å². The highest BCUT2D eigenvalue weighted by atomic mass is 32.2. The SMILES string of the molecule is CCOC(=O)C[C@H](N[S@+]([O-])c1ccc(C)cc1)c1cccc(-c2cnccn2)c1. The Morgan fingerprint density at radius 1 is 1.21 bits per heavy atom. The lowest BCUT2D eigenvalue weighted by Gasteiger charge is -2.20. The molecule has 2 atom stereocenters. The first-order valence-electron chi connectivity index (χ1n) is 9.33. The molecule has 0 aliphatic rings. The molecule has 7 heteroatoms. The molecule has 6 nitrogen and oxygen atoms in total. The van der Waals surface area contributed by atoms with Crippen LogP contribution >= 0.6 is 0 Å². The van der Waals surface area contributed by atoms with Crippen molar-refractivity contribution in [3.8, 4) is 11.3 Å². The molecule has 0 aliphatic carbocycles. The van der Waals surface area contributed by atoms with E-state index in [1.807, 2.05) is 55.5 Å². The molecule has 0 saturated heterocycles. The van der Waals surface area contributed by atoms with Crippen molar-refractivity contribution in [2.24, 2.45) is 0 Å². The molecular weight excluding hydrogens is 386 g/mol. The van der Waals surface area contributed by atoms with Crippen LogP contribution in [0.25, 0.3) is 11.3 Å². The largest absolute Gasteiger partial charge is 0.593 e. The average Bonchev–Trinajstić information content (AvgIpc) is 2.74. The maximum absolute atomic E-state index is 12.9. The summed E-state index contributed by atoms with van der Waals surface area (Å²) >= 11 is -1.48. The Balaban J connectivity index is 1.87. The second-order valence-corrected chi connectivity index (χ2v) is 7.72. The number of esters is 1. The zero-order valence-electron chi connectivity index (χ0n) is 16.4. The van der Waals surface area contributed by atoms with Gasteiger partial charge in [0.2, 0.25) is 0 Å². The molecule has 0 radical (unpaired) electrons. The van der Waals surface area contributed by atoms with E-state index in [0.29, 0.717) is 11.5 Å². The van der Waals surface area contributed by atoms with Crippen LogP contribution in [0.15, 0.2) is 72.0 Å². The van der Waals surface area contributed by atoms with E-state index in [1.165, 1.54) is 0 Å². The highest BCUT2D eigenvalue weighted by Crippen LogP contribution is 2.25. The Labute approximate surface area is 173 Å². The third kappa shape index (κ3) is 5.87. The molecule has 3 aromatic rings. The van der Waals surface area contributed by atoms with Crippen molar-refractivity contribution < 1.29 is 14.1 Å². The van der Waals surface area contributed by atoms with Gasteiger partial charge in [-0.3, -0.25) is 14.8 Å². The monoisotopic (exact) mass is 409 g/mol. The summed E-state index contributed by atoms with van der Waals surface area (Å²) in [6.45, 7) is 4.04. The van der Waals surface area contributed by atoms with Gasteiger partial charge in [-0.2, -0.15) is 0 Å². The first-order valence-corrected chi connectivity index (χ1v) is 10.5. The molecule has 0 unspecified atom stereocenters. The molecule has 0 amide bonds. The van der Waals surface area contributed by atoms with Gasteiger partial charge in [-0.05, 0) is 37.6 Å². The zero-order valence-corrected chi connectivity index (χ0v) is 17.2. The van der Waals surface area contributed by atoms with E-state index in [9.17, 15) is 9.35 Å². The Morgan fingerprint density at radius 3 is 2.69 bits per heavy atom. The molecule has 0 bridgehead atoms. The summed E-state index contributed by atoms with van der Waals surface area (Å²) in [5, 5.41) is 0. The van der Waals surface area contributed by atoms with Crippen molar-refractivity contribution in [2.75, 3.05) is 6.61 Å². The van der Waals surface area contributed by atoms with Crippen LogP contribution in [-0.4, -0.2) is 27.1 Å². The minimum absolute atomic E-state index is 0.0648. The van der Waals surface area contributed by atoms with E-state index < -0.39 is 17.4 Å². The first kappa shape index (κ1) is 21.0. The van der Waals surface area contributed by atoms with Gasteiger partial charge in [0, 0.05) is 18.0 Å². The van der Waals surface area contributed by atoms with Crippen LogP contribution in [0.1, 0.15) is 30.5 Å². The summed E-state index contributed by atoms with van der Waals surface area (Å²) in [7, 11) is 0. The van der Waals surface area contributed by atoms with Gasteiger partial charge in [0.1, 0.15) is 0 Å². The molecule has 1 N–H and O–H groups in total. The fourth-order valence-electron chi connectivity index (χ4n) is 2.84. The van der Waals surface area contributed by atoms with E-state index in [1.54, 1.807) is 25.5 Å². The summed E-state index contributed by atoms with van der Waals surface area (Å²) in [5.41, 5.74) is 3.50. The maximum atomic E-state index is 12.9. The second kappa shape index (κ2) is 10.2. The minimum atomic E-state index is -1.48. The lowest BCUT2D eigenvalue weighted by atomic mass is 10.0. The van der Waals surface area contributed by atoms with Crippen molar-refractivity contribution >= 4 is 17.3 Å². The van der Waals surface area contributed by atoms with Gasteiger partial charge in [0.05, 0.1) is 42.3 Å². The standard InChI is InChI=1S/C22H23N3O3S/c1-3-28-22(26)14-20(25-29(27)19-9-7-16(2)8-10-19)17-5-4-6-18(13-17)21-15-23-11-12-24-21/h4-13,15,20,25H,3,14H2,1-2H3/t20-,29+/m0/s1. The predicted octanol–water partition coefficient (Wildman–Crippen LogP) is 3.76. The number of hydrogen-bond acceptors (Lipinski definition) is 6. The highest BCUT2D eigenvalue weighted by molar-refractivity contribution is 7.89. The summed E-state index contributed by atoms with van der Waals surface area (Å²) in [6, 6.07) is 14.6. The number of aryl methyl sites for hydroxylation is 1. The molecule has 150 valence electrons. The molecule has 3 rings (SSSR count). The van der Waals surface area contributed by atoms with Gasteiger partial charge in [-0.15, -0.1) is 4.72 Å². The highest BCUT2D eigenvalue weighted by Gasteiger charge is 2.24. The van der Waals surface area contributed by atoms with Crippen molar-refractivity contribution in [3.05, 3.63) is 78.2 Å². The third-order valence-corrected chi connectivity index (χ3v) is 5.51. The molecule has 1 heterocycles. The van der Waals surface area contributed by atoms with Crippen LogP contribution in [0.4, 0.5) is 0 Å². The minimum Gasteiger partial charge on any atom is -0.593 e. The summed E-state index contributed by atoms with van der Waals surface area (Å²) in [6.07, 6.45) is 4.98. The zero-order chi connectivity index (χ0) is 20.6. The summed E-state index contributed by atoms with van der Waals surface area (Å²) in [4.78, 5) is 21.2. The third-order valence-electron chi connectivity index (χ3n) is 4.31. The van der Waals surface area contributed by atoms with Crippen molar-refractivity contribution in [3.63, 3.8) is 0 Å². The molecule has 2 aromatic carbocycles. The number of rotatable bonds is 8. The van der Waals surface area contributed by atoms with E-state index in [2.05, 4.69) is 14.7 Å². The molecule has 0 fully saturated rings. The van der Waals surface area contributed by atoms with Gasteiger partial charge >= 0.3 is 5.97 Å². The number of benzene rings is 2. The predicted molar refractivity (Wildman–Crippen MR) is 112 cm³/mol. The van der Waals surface area contributed by atoms with Crippen molar-refractivity contribution in [1.29, 1.82) is 0 Å². The Kier molecular flexibility index (Phi) is 7.35. The number of carbonyl (C=O) groups is 1. The van der Waals surface area contributed by atoms with Gasteiger partial charge in [-0.1, -0.05) is 35.9 Å². The van der Waals surface area contributed by atoms with E-state index >= 15 is 0 Å². The molecule has 1 aromatic heterocycles. The first-order chi connectivity index (χ1) is 14.1. The Morgan fingerprint density at radius 2 is 2.00 bits per heavy atom. The van der Waals surface area contributed by atoms with E-state index in [4.69, 9.17) is 4.74 Å². The fourth-order valence-corrected chi connectivity index (χ4v) is 3.83. The second-order valence-electron chi connectivity index (χ2n) is 6.48. The number of hydrogen-bond donors (Lipinski definition) is 1. The lowest BCUT2D eigenvalue weighted by molar-refractivity contribution is -0.143. The van der Waals surface area contributed by atoms with Gasteiger partial charge in [0.25, 0.3) is 0 Å². The van der Waals surface area contributed by atoms with Crippen molar-refractivity contribution in [2.45, 2.75) is 31.2 Å². The quantitative estimate of drug-likeness (QED) is 0.450. The lowest BCUT2D eigenvalue weighted by Crippen LogP contribution is -2.30. The summed E-state index contributed by atoms with van der Waals surface area (Å²) < 4.78 is 21.0. The number of carbonyl (C=O) groups excluding carboxylic acids is 1. The van der Waals surface area contributed by atoms with Crippen LogP contribution in [0.5, 0.6) is 0 Å². The average molecular weight is 410 g/mol. The molecule has 0 spiro atoms. The molecule has 0 saturated carbocycles. The molecular formula is C22H23N3O3S. The van der Waals surface area contributed by atoms with Gasteiger partial charge < -0.3 is 9.29 Å². The van der Waals surface area contributed by atoms with Gasteiger partial charge in [0.15, 0.2) is 4.90 Å².